The molecule has 176 valence electrons. The number of aromatic nitrogens is 3. The van der Waals surface area contributed by atoms with Crippen molar-refractivity contribution in [3.63, 3.8) is 0 Å². The Bertz CT molecular complexity index is 1300. The second-order valence-electron chi connectivity index (χ2n) is 8.28. The van der Waals surface area contributed by atoms with Crippen LogP contribution >= 0.6 is 0 Å². The summed E-state index contributed by atoms with van der Waals surface area (Å²) in [6, 6.07) is 16.8. The van der Waals surface area contributed by atoms with Crippen LogP contribution in [0.1, 0.15) is 23.3 Å². The molecule has 0 radical (unpaired) electrons. The summed E-state index contributed by atoms with van der Waals surface area (Å²) in [6.45, 7) is 0.861. The maximum Gasteiger partial charge on any atom is 0.208 e. The number of carbonyl (C=O) groups is 1. The lowest BCUT2D eigenvalue weighted by atomic mass is 10.1. The van der Waals surface area contributed by atoms with Gasteiger partial charge >= 0.3 is 0 Å². The number of fused-ring (bicyclic) bond motifs is 1. The molecule has 0 aliphatic heterocycles. The fraction of sp³-hybridized carbons (Fsp3) is 0.269. The van der Waals surface area contributed by atoms with E-state index in [1.54, 1.807) is 25.4 Å². The van der Waals surface area contributed by atoms with Gasteiger partial charge in [-0.15, -0.1) is 0 Å². The van der Waals surface area contributed by atoms with Crippen molar-refractivity contribution >= 4 is 28.5 Å². The molecule has 0 aliphatic rings. The highest BCUT2D eigenvalue weighted by Crippen LogP contribution is 2.30. The molecule has 0 spiro atoms. The Morgan fingerprint density at radius 3 is 2.68 bits per heavy atom. The van der Waals surface area contributed by atoms with Crippen molar-refractivity contribution in [1.29, 1.82) is 0 Å². The third-order valence-corrected chi connectivity index (χ3v) is 5.47. The summed E-state index contributed by atoms with van der Waals surface area (Å²) in [4.78, 5) is 23.5. The summed E-state index contributed by atoms with van der Waals surface area (Å²) in [5.41, 5.74) is 2.99. The number of hydrogen-bond acceptors (Lipinski definition) is 7. The molecule has 0 bridgehead atoms. The number of hydrogen-bond donors (Lipinski definition) is 1. The van der Waals surface area contributed by atoms with Crippen molar-refractivity contribution in [2.24, 2.45) is 7.05 Å². The first-order valence-corrected chi connectivity index (χ1v) is 11.1. The molecule has 0 saturated carbocycles. The molecule has 8 nitrogen and oxygen atoms in total. The number of ether oxygens (including phenoxy) is 2. The van der Waals surface area contributed by atoms with E-state index in [1.165, 1.54) is 0 Å². The molecule has 2 aromatic heterocycles. The summed E-state index contributed by atoms with van der Waals surface area (Å²) in [5.74, 6) is 2.63. The summed E-state index contributed by atoms with van der Waals surface area (Å²) >= 11 is 0. The lowest BCUT2D eigenvalue weighted by Crippen LogP contribution is -2.14. The predicted molar refractivity (Wildman–Crippen MR) is 133 cm³/mol. The van der Waals surface area contributed by atoms with E-state index < -0.39 is 0 Å². The Morgan fingerprint density at radius 2 is 1.88 bits per heavy atom. The van der Waals surface area contributed by atoms with Gasteiger partial charge in [0.2, 0.25) is 5.95 Å². The fourth-order valence-electron chi connectivity index (χ4n) is 3.67. The molecule has 0 atom stereocenters. The molecule has 2 aromatic carbocycles. The number of nitrogens with zero attached hydrogens (tertiary/aromatic N) is 4. The molecule has 0 amide bonds. The number of benzene rings is 2. The summed E-state index contributed by atoms with van der Waals surface area (Å²) in [6.07, 6.45) is 2.85. The molecule has 1 N–H and O–H groups in total. The number of carbonyl (C=O) groups excluding carboxylic acids is 1. The normalized spacial score (nSPS) is 11.1. The Labute approximate surface area is 199 Å². The van der Waals surface area contributed by atoms with Crippen LogP contribution in [0.25, 0.3) is 11.0 Å². The maximum atomic E-state index is 12.5. The Hall–Kier alpha value is -3.91. The van der Waals surface area contributed by atoms with Crippen molar-refractivity contribution in [3.05, 3.63) is 66.5 Å². The van der Waals surface area contributed by atoms with Crippen molar-refractivity contribution < 1.29 is 14.3 Å². The number of aryl methyl sites for hydroxylation is 1. The van der Waals surface area contributed by atoms with E-state index in [2.05, 4.69) is 15.2 Å². The summed E-state index contributed by atoms with van der Waals surface area (Å²) in [5, 5.41) is 3.33. The van der Waals surface area contributed by atoms with Crippen LogP contribution in [0.4, 0.5) is 11.6 Å². The van der Waals surface area contributed by atoms with Crippen LogP contribution < -0.4 is 14.8 Å². The van der Waals surface area contributed by atoms with Gasteiger partial charge in [0.05, 0.1) is 23.8 Å². The van der Waals surface area contributed by atoms with Crippen LogP contribution in [0.15, 0.2) is 60.8 Å². The third-order valence-electron chi connectivity index (χ3n) is 5.47. The zero-order valence-electron chi connectivity index (χ0n) is 19.9. The van der Waals surface area contributed by atoms with Crippen LogP contribution in [0.3, 0.4) is 0 Å². The molecular weight excluding hydrogens is 430 g/mol. The molecule has 4 aromatic rings. The molecule has 0 saturated heterocycles. The monoisotopic (exact) mass is 459 g/mol. The Balaban J connectivity index is 1.51. The van der Waals surface area contributed by atoms with Crippen molar-refractivity contribution in [2.75, 3.05) is 33.1 Å². The molecule has 34 heavy (non-hydrogen) atoms. The number of imidazole rings is 1. The number of Topliss-reactive ketones (excluding diaryl/α,β-unsaturated/α-hetero) is 1. The number of rotatable bonds is 10. The molecule has 8 heteroatoms. The van der Waals surface area contributed by atoms with E-state index >= 15 is 0 Å². The first kappa shape index (κ1) is 23.3. The van der Waals surface area contributed by atoms with Gasteiger partial charge in [0, 0.05) is 31.8 Å². The number of para-hydroxylation sites is 2. The lowest BCUT2D eigenvalue weighted by molar-refractivity contribution is 0.0972. The molecule has 4 rings (SSSR count). The number of methoxy groups -OCH3 is 1. The number of ketones is 1. The van der Waals surface area contributed by atoms with Gasteiger partial charge in [-0.3, -0.25) is 9.78 Å². The minimum Gasteiger partial charge on any atom is -0.495 e. The quantitative estimate of drug-likeness (QED) is 0.333. The van der Waals surface area contributed by atoms with E-state index in [9.17, 15) is 4.79 Å². The van der Waals surface area contributed by atoms with Gasteiger partial charge in [-0.05, 0) is 57.4 Å². The van der Waals surface area contributed by atoms with Crippen LogP contribution in [0.5, 0.6) is 17.2 Å². The molecule has 2 heterocycles. The van der Waals surface area contributed by atoms with Crippen LogP contribution in [0.2, 0.25) is 0 Å². The van der Waals surface area contributed by atoms with Gasteiger partial charge in [0.25, 0.3) is 0 Å². The van der Waals surface area contributed by atoms with Crippen molar-refractivity contribution in [3.8, 4) is 17.2 Å². The maximum absolute atomic E-state index is 12.5. The minimum absolute atomic E-state index is 0.0135. The largest absolute Gasteiger partial charge is 0.495 e. The summed E-state index contributed by atoms with van der Waals surface area (Å²) in [7, 11) is 7.58. The van der Waals surface area contributed by atoms with Crippen molar-refractivity contribution in [2.45, 2.75) is 12.8 Å². The highest BCUT2D eigenvalue weighted by atomic mass is 16.5. The zero-order chi connectivity index (χ0) is 24.1. The number of nitrogens with one attached hydrogen (secondary N) is 1. The van der Waals surface area contributed by atoms with Gasteiger partial charge in [-0.1, -0.05) is 12.1 Å². The Kier molecular flexibility index (Phi) is 7.08. The van der Waals surface area contributed by atoms with E-state index in [-0.39, 0.29) is 5.78 Å². The van der Waals surface area contributed by atoms with Crippen LogP contribution in [-0.4, -0.2) is 53.0 Å². The van der Waals surface area contributed by atoms with Gasteiger partial charge in [0.1, 0.15) is 22.9 Å². The third kappa shape index (κ3) is 5.35. The Morgan fingerprint density at radius 1 is 1.09 bits per heavy atom. The van der Waals surface area contributed by atoms with Crippen LogP contribution in [0, 0.1) is 0 Å². The van der Waals surface area contributed by atoms with E-state index in [0.717, 1.165) is 35.4 Å². The topological polar surface area (TPSA) is 81.5 Å². The SMILES string of the molecule is COc1ccccc1Nc1nc2cc(Oc3ccnc(C(=O)CCCN(C)C)c3)ccc2n1C. The average molecular weight is 460 g/mol. The standard InChI is InChI=1S/C26H29N5O3/c1-30(2)15-7-9-24(32)22-17-19(13-14-27-22)34-18-11-12-23-21(16-18)29-26(31(23)3)28-20-8-5-6-10-25(20)33-4/h5-6,8,10-14,16-17H,7,9,15H2,1-4H3,(H,28,29). The highest BCUT2D eigenvalue weighted by molar-refractivity contribution is 5.94. The molecule has 0 fully saturated rings. The first-order chi connectivity index (χ1) is 16.4. The van der Waals surface area contributed by atoms with Crippen molar-refractivity contribution in [1.82, 2.24) is 19.4 Å². The predicted octanol–water partition coefficient (Wildman–Crippen LogP) is 5.04. The number of anilines is 2. The second kappa shape index (κ2) is 10.4. The van der Waals surface area contributed by atoms with E-state index in [0.29, 0.717) is 29.6 Å². The molecule has 0 aliphatic carbocycles. The smallest absolute Gasteiger partial charge is 0.208 e. The average Bonchev–Trinajstić information content (AvgIpc) is 3.13. The lowest BCUT2D eigenvalue weighted by Gasteiger charge is -2.10. The molecule has 0 unspecified atom stereocenters. The van der Waals surface area contributed by atoms with Gasteiger partial charge in [0.15, 0.2) is 5.78 Å². The fourth-order valence-corrected chi connectivity index (χ4v) is 3.67. The van der Waals surface area contributed by atoms with E-state index in [1.807, 2.05) is 68.2 Å². The van der Waals surface area contributed by atoms with Gasteiger partial charge in [-0.25, -0.2) is 4.98 Å². The van der Waals surface area contributed by atoms with Gasteiger partial charge in [-0.2, -0.15) is 0 Å². The highest BCUT2D eigenvalue weighted by Gasteiger charge is 2.13. The van der Waals surface area contributed by atoms with Crippen LogP contribution in [-0.2, 0) is 7.05 Å². The van der Waals surface area contributed by atoms with Gasteiger partial charge < -0.3 is 24.3 Å². The minimum atomic E-state index is 0.0135. The number of pyridine rings is 1. The zero-order valence-corrected chi connectivity index (χ0v) is 19.9. The first-order valence-electron chi connectivity index (χ1n) is 11.1. The summed E-state index contributed by atoms with van der Waals surface area (Å²) < 4.78 is 13.4. The molecular formula is C26H29N5O3. The van der Waals surface area contributed by atoms with E-state index in [4.69, 9.17) is 14.5 Å². The second-order valence-corrected chi connectivity index (χ2v) is 8.28.